The average molecular weight is 240 g/mol. The Morgan fingerprint density at radius 2 is 1.94 bits per heavy atom. The molecule has 1 aromatic carbocycles. The maximum absolute atomic E-state index is 11.4. The molecule has 0 aliphatic carbocycles. The molecule has 0 bridgehead atoms. The molecule has 0 unspecified atom stereocenters. The van der Waals surface area contributed by atoms with E-state index in [0.717, 1.165) is 5.56 Å². The van der Waals surface area contributed by atoms with Crippen LogP contribution < -0.4 is 10.5 Å². The minimum atomic E-state index is -3.34. The fraction of sp³-hybridized carbons (Fsp3) is 0.273. The number of nitrogens with one attached hydrogen (secondary N) is 1. The summed E-state index contributed by atoms with van der Waals surface area (Å²) in [5.41, 5.74) is 6.12. The molecule has 0 fully saturated rings. The summed E-state index contributed by atoms with van der Waals surface area (Å²) < 4.78 is 25.3. The zero-order chi connectivity index (χ0) is 11.9. The summed E-state index contributed by atoms with van der Waals surface area (Å²) in [6.07, 6.45) is 2.20. The predicted octanol–water partition coefficient (Wildman–Crippen LogP) is 0.925. The van der Waals surface area contributed by atoms with Gasteiger partial charge in [0.05, 0.1) is 0 Å². The van der Waals surface area contributed by atoms with Crippen molar-refractivity contribution in [1.82, 2.24) is 4.72 Å². The van der Waals surface area contributed by atoms with E-state index in [4.69, 9.17) is 5.73 Å². The van der Waals surface area contributed by atoms with Crippen LogP contribution in [0.15, 0.2) is 35.7 Å². The number of sulfonamides is 1. The summed E-state index contributed by atoms with van der Waals surface area (Å²) in [5.74, 6) is 0. The fourth-order valence-electron chi connectivity index (χ4n) is 1.10. The SMILES string of the molecule is NCCCNS(=O)(=O)C=Cc1ccccc1. The van der Waals surface area contributed by atoms with E-state index in [1.54, 1.807) is 6.08 Å². The molecule has 3 N–H and O–H groups in total. The van der Waals surface area contributed by atoms with Crippen molar-refractivity contribution < 1.29 is 8.42 Å². The first-order valence-corrected chi connectivity index (χ1v) is 6.61. The molecule has 1 rings (SSSR count). The van der Waals surface area contributed by atoms with Crippen molar-refractivity contribution in [3.05, 3.63) is 41.3 Å². The van der Waals surface area contributed by atoms with Gasteiger partial charge in [-0.15, -0.1) is 0 Å². The molecular formula is C11H16N2O2S. The molecular weight excluding hydrogens is 224 g/mol. The fourth-order valence-corrected chi connectivity index (χ4v) is 1.96. The number of rotatable bonds is 6. The average Bonchev–Trinajstić information content (AvgIpc) is 2.28. The Balaban J connectivity index is 2.56. The lowest BCUT2D eigenvalue weighted by atomic mass is 10.2. The third-order valence-corrected chi connectivity index (χ3v) is 3.02. The van der Waals surface area contributed by atoms with Gasteiger partial charge in [-0.1, -0.05) is 30.3 Å². The number of benzene rings is 1. The largest absolute Gasteiger partial charge is 0.330 e. The molecule has 4 nitrogen and oxygen atoms in total. The van der Waals surface area contributed by atoms with Gasteiger partial charge in [0.1, 0.15) is 0 Å². The van der Waals surface area contributed by atoms with Crippen molar-refractivity contribution >= 4 is 16.1 Å². The van der Waals surface area contributed by atoms with Crippen LogP contribution in [-0.4, -0.2) is 21.5 Å². The second-order valence-corrected chi connectivity index (χ2v) is 4.95. The zero-order valence-electron chi connectivity index (χ0n) is 8.96. The van der Waals surface area contributed by atoms with Crippen molar-refractivity contribution in [2.24, 2.45) is 5.73 Å². The number of hydrogen-bond donors (Lipinski definition) is 2. The Hall–Kier alpha value is -1.17. The van der Waals surface area contributed by atoms with Crippen molar-refractivity contribution in [2.45, 2.75) is 6.42 Å². The van der Waals surface area contributed by atoms with Crippen molar-refractivity contribution in [3.63, 3.8) is 0 Å². The van der Waals surface area contributed by atoms with Crippen LogP contribution in [0.1, 0.15) is 12.0 Å². The molecule has 16 heavy (non-hydrogen) atoms. The van der Waals surface area contributed by atoms with Gasteiger partial charge < -0.3 is 5.73 Å². The second kappa shape index (κ2) is 6.42. The minimum Gasteiger partial charge on any atom is -0.330 e. The summed E-state index contributed by atoms with van der Waals surface area (Å²) >= 11 is 0. The molecule has 0 aliphatic heterocycles. The monoisotopic (exact) mass is 240 g/mol. The third kappa shape index (κ3) is 5.06. The first-order chi connectivity index (χ1) is 7.64. The first-order valence-electron chi connectivity index (χ1n) is 5.07. The number of hydrogen-bond acceptors (Lipinski definition) is 3. The molecule has 0 spiro atoms. The lowest BCUT2D eigenvalue weighted by Crippen LogP contribution is -2.24. The Kier molecular flexibility index (Phi) is 5.18. The highest BCUT2D eigenvalue weighted by Gasteiger charge is 2.02. The topological polar surface area (TPSA) is 72.2 Å². The standard InChI is InChI=1S/C11H16N2O2S/c12-8-4-9-13-16(14,15)10-7-11-5-2-1-3-6-11/h1-3,5-7,10,13H,4,8-9,12H2. The Morgan fingerprint density at radius 1 is 1.25 bits per heavy atom. The van der Waals surface area contributed by atoms with Gasteiger partial charge in [-0.2, -0.15) is 0 Å². The van der Waals surface area contributed by atoms with Crippen LogP contribution in [0.2, 0.25) is 0 Å². The van der Waals surface area contributed by atoms with Crippen molar-refractivity contribution in [3.8, 4) is 0 Å². The smallest absolute Gasteiger partial charge is 0.233 e. The van der Waals surface area contributed by atoms with Crippen molar-refractivity contribution in [1.29, 1.82) is 0 Å². The maximum atomic E-state index is 11.4. The van der Waals surface area contributed by atoms with Crippen LogP contribution in [0.5, 0.6) is 0 Å². The van der Waals surface area contributed by atoms with Crippen LogP contribution in [-0.2, 0) is 10.0 Å². The molecule has 0 atom stereocenters. The number of nitrogens with two attached hydrogens (primary N) is 1. The van der Waals surface area contributed by atoms with Crippen LogP contribution in [0.3, 0.4) is 0 Å². The highest BCUT2D eigenvalue weighted by Crippen LogP contribution is 2.02. The van der Waals surface area contributed by atoms with Crippen molar-refractivity contribution in [2.75, 3.05) is 13.1 Å². The molecule has 0 saturated carbocycles. The van der Waals surface area contributed by atoms with E-state index in [0.29, 0.717) is 19.5 Å². The maximum Gasteiger partial charge on any atom is 0.233 e. The van der Waals surface area contributed by atoms with E-state index in [2.05, 4.69) is 4.72 Å². The predicted molar refractivity (Wildman–Crippen MR) is 66.1 cm³/mol. The van der Waals surface area contributed by atoms with Gasteiger partial charge in [0, 0.05) is 12.0 Å². The van der Waals surface area contributed by atoms with E-state index >= 15 is 0 Å². The van der Waals surface area contributed by atoms with Gasteiger partial charge in [-0.3, -0.25) is 0 Å². The molecule has 0 aliphatic rings. The molecule has 0 heterocycles. The van der Waals surface area contributed by atoms with Gasteiger partial charge in [0.15, 0.2) is 0 Å². The Morgan fingerprint density at radius 3 is 2.56 bits per heavy atom. The Bertz CT molecular complexity index is 427. The summed E-state index contributed by atoms with van der Waals surface area (Å²) in [6.45, 7) is 0.850. The van der Waals surface area contributed by atoms with Gasteiger partial charge in [0.25, 0.3) is 0 Å². The lowest BCUT2D eigenvalue weighted by molar-refractivity contribution is 0.589. The molecule has 5 heteroatoms. The molecule has 0 radical (unpaired) electrons. The first kappa shape index (κ1) is 12.9. The van der Waals surface area contributed by atoms with E-state index in [-0.39, 0.29) is 0 Å². The van der Waals surface area contributed by atoms with Gasteiger partial charge in [-0.25, -0.2) is 13.1 Å². The van der Waals surface area contributed by atoms with Crippen LogP contribution in [0.4, 0.5) is 0 Å². The lowest BCUT2D eigenvalue weighted by Gasteiger charge is -2.00. The van der Waals surface area contributed by atoms with Gasteiger partial charge in [-0.05, 0) is 24.6 Å². The molecule has 0 saturated heterocycles. The van der Waals surface area contributed by atoms with E-state index in [1.165, 1.54) is 5.41 Å². The molecule has 1 aromatic rings. The summed E-state index contributed by atoms with van der Waals surface area (Å²) in [6, 6.07) is 9.27. The highest BCUT2D eigenvalue weighted by molar-refractivity contribution is 7.92. The summed E-state index contributed by atoms with van der Waals surface area (Å²) in [7, 11) is -3.34. The highest BCUT2D eigenvalue weighted by atomic mass is 32.2. The molecule has 88 valence electrons. The normalized spacial score (nSPS) is 12.1. The minimum absolute atomic E-state index is 0.373. The van der Waals surface area contributed by atoms with E-state index in [9.17, 15) is 8.42 Å². The third-order valence-electron chi connectivity index (χ3n) is 1.92. The van der Waals surface area contributed by atoms with Gasteiger partial charge >= 0.3 is 0 Å². The summed E-state index contributed by atoms with van der Waals surface area (Å²) in [4.78, 5) is 0. The van der Waals surface area contributed by atoms with E-state index < -0.39 is 10.0 Å². The van der Waals surface area contributed by atoms with Crippen LogP contribution >= 0.6 is 0 Å². The Labute approximate surface area is 96.2 Å². The van der Waals surface area contributed by atoms with Gasteiger partial charge in [0.2, 0.25) is 10.0 Å². The zero-order valence-corrected chi connectivity index (χ0v) is 9.78. The second-order valence-electron chi connectivity index (χ2n) is 3.30. The molecule has 0 amide bonds. The summed E-state index contributed by atoms with van der Waals surface area (Å²) in [5, 5.41) is 1.17. The van der Waals surface area contributed by atoms with Crippen LogP contribution in [0.25, 0.3) is 6.08 Å². The molecule has 0 aromatic heterocycles. The quantitative estimate of drug-likeness (QED) is 0.726. The van der Waals surface area contributed by atoms with Crippen LogP contribution in [0, 0.1) is 0 Å². The van der Waals surface area contributed by atoms with E-state index in [1.807, 2.05) is 30.3 Å².